The van der Waals surface area contributed by atoms with Crippen molar-refractivity contribution in [3.63, 3.8) is 0 Å². The monoisotopic (exact) mass is 275 g/mol. The summed E-state index contributed by atoms with van der Waals surface area (Å²) in [6.45, 7) is 0. The molecule has 0 amide bonds. The van der Waals surface area contributed by atoms with Crippen LogP contribution in [-0.4, -0.2) is 24.6 Å². The van der Waals surface area contributed by atoms with Gasteiger partial charge in [-0.25, -0.2) is 0 Å². The summed E-state index contributed by atoms with van der Waals surface area (Å²) in [5.41, 5.74) is 7.23. The number of hydrogen-bond donors (Lipinski definition) is 1. The molecule has 0 aromatic heterocycles. The smallest absolute Gasteiger partial charge is 0.315 e. The number of ether oxygens (including phenoxy) is 1. The van der Waals surface area contributed by atoms with Crippen molar-refractivity contribution in [3.05, 3.63) is 48.0 Å². The summed E-state index contributed by atoms with van der Waals surface area (Å²) in [7, 11) is 1.39. The third-order valence-electron chi connectivity index (χ3n) is 2.95. The first-order chi connectivity index (χ1) is 9.20. The highest BCUT2D eigenvalue weighted by atomic mass is 32.2. The average molecular weight is 275 g/mol. The highest BCUT2D eigenvalue weighted by Crippen LogP contribution is 2.21. The number of methoxy groups -OCH3 is 1. The summed E-state index contributed by atoms with van der Waals surface area (Å²) in [6.07, 6.45) is 0. The zero-order valence-corrected chi connectivity index (χ0v) is 11.7. The summed E-state index contributed by atoms with van der Waals surface area (Å²) in [5.74, 6) is 0.835. The van der Waals surface area contributed by atoms with Crippen LogP contribution in [0.25, 0.3) is 10.8 Å². The van der Waals surface area contributed by atoms with E-state index < -0.39 is 0 Å². The van der Waals surface area contributed by atoms with Gasteiger partial charge in [-0.15, -0.1) is 11.8 Å². The summed E-state index contributed by atoms with van der Waals surface area (Å²) in [6, 6.07) is 14.4. The van der Waals surface area contributed by atoms with Crippen LogP contribution in [0.2, 0.25) is 0 Å². The van der Waals surface area contributed by atoms with Crippen LogP contribution in [0.15, 0.2) is 42.5 Å². The summed E-state index contributed by atoms with van der Waals surface area (Å²) in [5, 5.41) is 2.40. The second-order valence-electron chi connectivity index (χ2n) is 4.30. The van der Waals surface area contributed by atoms with Gasteiger partial charge >= 0.3 is 5.97 Å². The topological polar surface area (TPSA) is 52.3 Å². The van der Waals surface area contributed by atoms with Crippen LogP contribution in [0.4, 0.5) is 0 Å². The van der Waals surface area contributed by atoms with Gasteiger partial charge in [0, 0.05) is 11.8 Å². The Balaban J connectivity index is 2.00. The molecule has 2 N–H and O–H groups in total. The average Bonchev–Trinajstić information content (AvgIpc) is 2.46. The second-order valence-corrected chi connectivity index (χ2v) is 5.33. The lowest BCUT2D eigenvalue weighted by molar-refractivity contribution is -0.137. The minimum Gasteiger partial charge on any atom is -0.468 e. The van der Waals surface area contributed by atoms with E-state index in [4.69, 9.17) is 5.73 Å². The SMILES string of the molecule is COC(=O)CSCC(N)c1ccc2ccccc2c1. The molecule has 0 bridgehead atoms. The Kier molecular flexibility index (Phi) is 4.82. The van der Waals surface area contributed by atoms with Gasteiger partial charge in [0.25, 0.3) is 0 Å². The van der Waals surface area contributed by atoms with Gasteiger partial charge in [-0.1, -0.05) is 36.4 Å². The maximum Gasteiger partial charge on any atom is 0.315 e. The standard InChI is InChI=1S/C15H17NO2S/c1-18-15(17)10-19-9-14(16)13-7-6-11-4-2-3-5-12(11)8-13/h2-8,14H,9-10,16H2,1H3. The molecule has 0 aliphatic rings. The molecule has 2 aromatic carbocycles. The highest BCUT2D eigenvalue weighted by molar-refractivity contribution is 7.99. The van der Waals surface area contributed by atoms with E-state index in [-0.39, 0.29) is 12.0 Å². The largest absolute Gasteiger partial charge is 0.468 e. The molecule has 0 heterocycles. The number of carbonyl (C=O) groups excluding carboxylic acids is 1. The molecule has 2 aromatic rings. The molecule has 19 heavy (non-hydrogen) atoms. The molecule has 1 unspecified atom stereocenters. The van der Waals surface area contributed by atoms with E-state index >= 15 is 0 Å². The van der Waals surface area contributed by atoms with Crippen LogP contribution < -0.4 is 5.73 Å². The van der Waals surface area contributed by atoms with E-state index in [2.05, 4.69) is 29.0 Å². The van der Waals surface area contributed by atoms with Crippen molar-refractivity contribution >= 4 is 28.5 Å². The number of fused-ring (bicyclic) bond motifs is 1. The van der Waals surface area contributed by atoms with E-state index in [1.807, 2.05) is 18.2 Å². The van der Waals surface area contributed by atoms with Crippen molar-refractivity contribution in [2.75, 3.05) is 18.6 Å². The third kappa shape index (κ3) is 3.72. The Morgan fingerprint density at radius 1 is 1.26 bits per heavy atom. The van der Waals surface area contributed by atoms with E-state index in [1.54, 1.807) is 0 Å². The lowest BCUT2D eigenvalue weighted by Gasteiger charge is -2.12. The molecule has 0 aliphatic carbocycles. The summed E-state index contributed by atoms with van der Waals surface area (Å²) < 4.78 is 4.59. The number of carbonyl (C=O) groups is 1. The van der Waals surface area contributed by atoms with Crippen molar-refractivity contribution in [1.29, 1.82) is 0 Å². The summed E-state index contributed by atoms with van der Waals surface area (Å²) >= 11 is 1.49. The van der Waals surface area contributed by atoms with Gasteiger partial charge < -0.3 is 10.5 Å². The van der Waals surface area contributed by atoms with Crippen molar-refractivity contribution < 1.29 is 9.53 Å². The molecule has 0 fully saturated rings. The molecule has 2 rings (SSSR count). The predicted octanol–water partition coefficient (Wildman–Crippen LogP) is 2.75. The molecule has 0 saturated carbocycles. The third-order valence-corrected chi connectivity index (χ3v) is 3.98. The maximum atomic E-state index is 11.0. The van der Waals surface area contributed by atoms with Crippen LogP contribution in [0.3, 0.4) is 0 Å². The fourth-order valence-electron chi connectivity index (χ4n) is 1.86. The van der Waals surface area contributed by atoms with Crippen LogP contribution in [0.5, 0.6) is 0 Å². The van der Waals surface area contributed by atoms with E-state index in [1.165, 1.54) is 29.6 Å². The second kappa shape index (κ2) is 6.59. The fourth-order valence-corrected chi connectivity index (χ4v) is 2.71. The van der Waals surface area contributed by atoms with Crippen molar-refractivity contribution in [1.82, 2.24) is 0 Å². The van der Waals surface area contributed by atoms with Gasteiger partial charge in [-0.3, -0.25) is 4.79 Å². The van der Waals surface area contributed by atoms with Crippen LogP contribution >= 0.6 is 11.8 Å². The van der Waals surface area contributed by atoms with E-state index in [0.29, 0.717) is 11.5 Å². The number of rotatable bonds is 5. The molecule has 0 radical (unpaired) electrons. The Morgan fingerprint density at radius 2 is 2.00 bits per heavy atom. The lowest BCUT2D eigenvalue weighted by Crippen LogP contribution is -2.14. The molecule has 0 saturated heterocycles. The number of hydrogen-bond acceptors (Lipinski definition) is 4. The lowest BCUT2D eigenvalue weighted by atomic mass is 10.0. The molecule has 4 heteroatoms. The predicted molar refractivity (Wildman–Crippen MR) is 80.2 cm³/mol. The van der Waals surface area contributed by atoms with Gasteiger partial charge in [0.2, 0.25) is 0 Å². The Bertz CT molecular complexity index is 571. The maximum absolute atomic E-state index is 11.0. The van der Waals surface area contributed by atoms with Gasteiger partial charge in [-0.05, 0) is 22.4 Å². The van der Waals surface area contributed by atoms with E-state index in [0.717, 1.165) is 5.56 Å². The van der Waals surface area contributed by atoms with Gasteiger partial charge in [0.15, 0.2) is 0 Å². The number of nitrogens with two attached hydrogens (primary N) is 1. The van der Waals surface area contributed by atoms with E-state index in [9.17, 15) is 4.79 Å². The van der Waals surface area contributed by atoms with Gasteiger partial charge in [0.05, 0.1) is 12.9 Å². The molecule has 0 aliphatic heterocycles. The molecule has 3 nitrogen and oxygen atoms in total. The first kappa shape index (κ1) is 13.9. The van der Waals surface area contributed by atoms with Crippen LogP contribution in [-0.2, 0) is 9.53 Å². The van der Waals surface area contributed by atoms with Gasteiger partial charge in [0.1, 0.15) is 0 Å². The number of thioether (sulfide) groups is 1. The Morgan fingerprint density at radius 3 is 2.74 bits per heavy atom. The normalized spacial score (nSPS) is 12.3. The molecule has 1 atom stereocenters. The fraction of sp³-hybridized carbons (Fsp3) is 0.267. The van der Waals surface area contributed by atoms with Crippen LogP contribution in [0, 0.1) is 0 Å². The highest BCUT2D eigenvalue weighted by Gasteiger charge is 2.08. The molecular formula is C15H17NO2S. The zero-order chi connectivity index (χ0) is 13.7. The van der Waals surface area contributed by atoms with Crippen molar-refractivity contribution in [2.45, 2.75) is 6.04 Å². The molecule has 0 spiro atoms. The van der Waals surface area contributed by atoms with Crippen molar-refractivity contribution in [3.8, 4) is 0 Å². The van der Waals surface area contributed by atoms with Gasteiger partial charge in [-0.2, -0.15) is 0 Å². The zero-order valence-electron chi connectivity index (χ0n) is 10.8. The quantitative estimate of drug-likeness (QED) is 0.852. The molecule has 100 valence electrons. The molecular weight excluding hydrogens is 258 g/mol. The number of esters is 1. The number of benzene rings is 2. The van der Waals surface area contributed by atoms with Crippen molar-refractivity contribution in [2.24, 2.45) is 5.73 Å². The van der Waals surface area contributed by atoms with Crippen LogP contribution in [0.1, 0.15) is 11.6 Å². The Labute approximate surface area is 117 Å². The minimum absolute atomic E-state index is 0.0701. The first-order valence-corrected chi connectivity index (χ1v) is 7.25. The minimum atomic E-state index is -0.212. The Hall–Kier alpha value is -1.52. The summed E-state index contributed by atoms with van der Waals surface area (Å²) in [4.78, 5) is 11.0. The first-order valence-electron chi connectivity index (χ1n) is 6.09.